The molecule has 8 heteroatoms. The van der Waals surface area contributed by atoms with Gasteiger partial charge in [-0.3, -0.25) is 14.4 Å². The lowest BCUT2D eigenvalue weighted by atomic mass is 10.1. The van der Waals surface area contributed by atoms with Crippen LogP contribution in [0.15, 0.2) is 18.2 Å². The number of carbonyl (C=O) groups excluding carboxylic acids is 2. The molecule has 0 heterocycles. The topological polar surface area (TPSA) is 114 Å². The number of carbonyl (C=O) groups is 3. The number of hydrogen-bond acceptors (Lipinski definition) is 5. The number of benzene rings is 1. The van der Waals surface area contributed by atoms with Gasteiger partial charge in [-0.1, -0.05) is 6.07 Å². The van der Waals surface area contributed by atoms with E-state index in [9.17, 15) is 14.4 Å². The Morgan fingerprint density at radius 3 is 2.10 bits per heavy atom. The van der Waals surface area contributed by atoms with Crippen molar-refractivity contribution in [2.24, 2.45) is 0 Å². The minimum absolute atomic E-state index is 0.161. The summed E-state index contributed by atoms with van der Waals surface area (Å²) in [5.74, 6) is -1.73. The van der Waals surface area contributed by atoms with Gasteiger partial charge in [0.2, 0.25) is 5.91 Å². The van der Waals surface area contributed by atoms with Crippen LogP contribution in [0.4, 0.5) is 0 Å². The standard InChI is InChI=1S/C13H16N2O6/c1-20-8-4-3-5-9(21-2)12(8)13(19)15-6-10(16)14-7-11(17)18/h3-5H,6-7H2,1-2H3,(H,14,16)(H,15,19)(H,17,18). The van der Waals surface area contributed by atoms with E-state index in [-0.39, 0.29) is 12.1 Å². The number of hydrogen-bond donors (Lipinski definition) is 3. The lowest BCUT2D eigenvalue weighted by molar-refractivity contribution is -0.137. The van der Waals surface area contributed by atoms with Gasteiger partial charge in [0.15, 0.2) is 0 Å². The van der Waals surface area contributed by atoms with Crippen molar-refractivity contribution in [1.82, 2.24) is 10.6 Å². The Balaban J connectivity index is 2.72. The maximum Gasteiger partial charge on any atom is 0.322 e. The first kappa shape index (κ1) is 16.3. The zero-order valence-electron chi connectivity index (χ0n) is 11.6. The molecule has 3 N–H and O–H groups in total. The number of amides is 2. The molecule has 1 rings (SSSR count). The van der Waals surface area contributed by atoms with Gasteiger partial charge in [-0.15, -0.1) is 0 Å². The molecule has 2 amide bonds. The molecule has 0 aliphatic carbocycles. The van der Waals surface area contributed by atoms with Crippen LogP contribution < -0.4 is 20.1 Å². The molecule has 0 aliphatic heterocycles. The Labute approximate surface area is 121 Å². The average molecular weight is 296 g/mol. The van der Waals surface area contributed by atoms with Gasteiger partial charge in [-0.25, -0.2) is 0 Å². The third kappa shape index (κ3) is 4.68. The number of carboxylic acids is 1. The van der Waals surface area contributed by atoms with E-state index in [0.29, 0.717) is 11.5 Å². The molecule has 0 aromatic heterocycles. The van der Waals surface area contributed by atoms with Gasteiger partial charge in [0, 0.05) is 0 Å². The highest BCUT2D eigenvalue weighted by Gasteiger charge is 2.18. The minimum Gasteiger partial charge on any atom is -0.496 e. The molecule has 0 aliphatic rings. The molecule has 0 bridgehead atoms. The van der Waals surface area contributed by atoms with E-state index < -0.39 is 24.3 Å². The van der Waals surface area contributed by atoms with E-state index in [1.807, 2.05) is 0 Å². The Bertz CT molecular complexity index is 521. The molecule has 1 aromatic rings. The summed E-state index contributed by atoms with van der Waals surface area (Å²) < 4.78 is 10.2. The van der Waals surface area contributed by atoms with Crippen molar-refractivity contribution in [3.63, 3.8) is 0 Å². The SMILES string of the molecule is COc1cccc(OC)c1C(=O)NCC(=O)NCC(=O)O. The first-order chi connectivity index (χ1) is 9.99. The van der Waals surface area contributed by atoms with Crippen molar-refractivity contribution >= 4 is 17.8 Å². The summed E-state index contributed by atoms with van der Waals surface area (Å²) in [6, 6.07) is 4.83. The quantitative estimate of drug-likeness (QED) is 0.633. The van der Waals surface area contributed by atoms with Gasteiger partial charge in [0.25, 0.3) is 5.91 Å². The van der Waals surface area contributed by atoms with Crippen LogP contribution in [0.3, 0.4) is 0 Å². The fraction of sp³-hybridized carbons (Fsp3) is 0.308. The second-order valence-corrected chi connectivity index (χ2v) is 3.89. The van der Waals surface area contributed by atoms with E-state index in [1.54, 1.807) is 18.2 Å². The summed E-state index contributed by atoms with van der Waals surface area (Å²) in [5.41, 5.74) is 0.161. The highest BCUT2D eigenvalue weighted by molar-refractivity contribution is 6.01. The van der Waals surface area contributed by atoms with Crippen LogP contribution in [0.5, 0.6) is 11.5 Å². The molecule has 114 valence electrons. The van der Waals surface area contributed by atoms with Crippen molar-refractivity contribution in [2.75, 3.05) is 27.3 Å². The predicted molar refractivity (Wildman–Crippen MR) is 72.5 cm³/mol. The first-order valence-electron chi connectivity index (χ1n) is 5.97. The van der Waals surface area contributed by atoms with Crippen molar-refractivity contribution in [1.29, 1.82) is 0 Å². The van der Waals surface area contributed by atoms with Gasteiger partial charge < -0.3 is 25.2 Å². The van der Waals surface area contributed by atoms with Crippen molar-refractivity contribution in [3.8, 4) is 11.5 Å². The molecule has 1 aromatic carbocycles. The minimum atomic E-state index is -1.17. The third-order valence-corrected chi connectivity index (χ3v) is 2.50. The number of nitrogens with one attached hydrogen (secondary N) is 2. The monoisotopic (exact) mass is 296 g/mol. The summed E-state index contributed by atoms with van der Waals surface area (Å²) in [5, 5.41) is 12.9. The smallest absolute Gasteiger partial charge is 0.322 e. The number of rotatable bonds is 7. The second-order valence-electron chi connectivity index (χ2n) is 3.89. The van der Waals surface area contributed by atoms with E-state index in [0.717, 1.165) is 0 Å². The van der Waals surface area contributed by atoms with Gasteiger partial charge in [-0.2, -0.15) is 0 Å². The van der Waals surface area contributed by atoms with Crippen molar-refractivity contribution in [2.45, 2.75) is 0 Å². The maximum atomic E-state index is 12.1. The molecule has 21 heavy (non-hydrogen) atoms. The largest absolute Gasteiger partial charge is 0.496 e. The summed E-state index contributed by atoms with van der Waals surface area (Å²) in [6.45, 7) is -0.861. The Morgan fingerprint density at radius 1 is 1.05 bits per heavy atom. The van der Waals surface area contributed by atoms with E-state index >= 15 is 0 Å². The highest BCUT2D eigenvalue weighted by Crippen LogP contribution is 2.27. The summed E-state index contributed by atoms with van der Waals surface area (Å²) >= 11 is 0. The highest BCUT2D eigenvalue weighted by atomic mass is 16.5. The van der Waals surface area contributed by atoms with Crippen molar-refractivity contribution in [3.05, 3.63) is 23.8 Å². The molecule has 0 radical (unpaired) electrons. The molecule has 0 fully saturated rings. The number of aliphatic carboxylic acids is 1. The zero-order chi connectivity index (χ0) is 15.8. The van der Waals surface area contributed by atoms with Crippen LogP contribution in [0, 0.1) is 0 Å². The maximum absolute atomic E-state index is 12.1. The van der Waals surface area contributed by atoms with Crippen LogP contribution in [-0.2, 0) is 9.59 Å². The Hall–Kier alpha value is -2.77. The van der Waals surface area contributed by atoms with Crippen LogP contribution in [0.25, 0.3) is 0 Å². The molecule has 0 spiro atoms. The predicted octanol–water partition coefficient (Wildman–Crippen LogP) is -0.366. The zero-order valence-corrected chi connectivity index (χ0v) is 11.6. The first-order valence-corrected chi connectivity index (χ1v) is 5.97. The molecule has 0 saturated carbocycles. The number of carboxylic acid groups (broad SMARTS) is 1. The van der Waals surface area contributed by atoms with Gasteiger partial charge in [0.1, 0.15) is 23.6 Å². The van der Waals surface area contributed by atoms with Crippen LogP contribution >= 0.6 is 0 Å². The van der Waals surface area contributed by atoms with Crippen LogP contribution in [-0.4, -0.2) is 50.2 Å². The summed E-state index contributed by atoms with van der Waals surface area (Å²) in [7, 11) is 2.82. The molecular weight excluding hydrogens is 280 g/mol. The molecule has 0 saturated heterocycles. The van der Waals surface area contributed by atoms with Crippen LogP contribution in [0.1, 0.15) is 10.4 Å². The molecule has 8 nitrogen and oxygen atoms in total. The normalized spacial score (nSPS) is 9.62. The summed E-state index contributed by atoms with van der Waals surface area (Å²) in [6.07, 6.45) is 0. The van der Waals surface area contributed by atoms with Gasteiger partial charge in [-0.05, 0) is 12.1 Å². The van der Waals surface area contributed by atoms with Gasteiger partial charge >= 0.3 is 5.97 Å². The van der Waals surface area contributed by atoms with Crippen molar-refractivity contribution < 1.29 is 29.0 Å². The number of ether oxygens (including phenoxy) is 2. The van der Waals surface area contributed by atoms with E-state index in [4.69, 9.17) is 14.6 Å². The second kappa shape index (κ2) is 7.73. The van der Waals surface area contributed by atoms with Gasteiger partial charge in [0.05, 0.1) is 20.8 Å². The molecule has 0 unspecified atom stereocenters. The molecule has 0 atom stereocenters. The third-order valence-electron chi connectivity index (χ3n) is 2.50. The Kier molecular flexibility index (Phi) is 5.99. The van der Waals surface area contributed by atoms with Crippen LogP contribution in [0.2, 0.25) is 0 Å². The average Bonchev–Trinajstić information content (AvgIpc) is 2.49. The fourth-order valence-corrected chi connectivity index (χ4v) is 1.56. The molecular formula is C13H16N2O6. The summed E-state index contributed by atoms with van der Waals surface area (Å²) in [4.78, 5) is 33.7. The number of methoxy groups -OCH3 is 2. The lowest BCUT2D eigenvalue weighted by Crippen LogP contribution is -2.39. The fourth-order valence-electron chi connectivity index (χ4n) is 1.56. The van der Waals surface area contributed by atoms with E-state index in [1.165, 1.54) is 14.2 Å². The Morgan fingerprint density at radius 2 is 1.62 bits per heavy atom. The van der Waals surface area contributed by atoms with E-state index in [2.05, 4.69) is 10.6 Å². The lowest BCUT2D eigenvalue weighted by Gasteiger charge is -2.12.